The van der Waals surface area contributed by atoms with E-state index in [1.807, 2.05) is 29.1 Å². The first kappa shape index (κ1) is 14.9. The average molecular weight is 325 g/mol. The van der Waals surface area contributed by atoms with Crippen molar-refractivity contribution < 1.29 is 9.59 Å². The predicted molar refractivity (Wildman–Crippen MR) is 87.2 cm³/mol. The number of hydrogen-bond donors (Lipinski definition) is 1. The smallest absolute Gasteiger partial charge is 0.324 e. The highest BCUT2D eigenvalue weighted by Crippen LogP contribution is 2.29. The van der Waals surface area contributed by atoms with Crippen molar-refractivity contribution in [3.05, 3.63) is 53.9 Å². The molecule has 2 aromatic rings. The molecule has 1 aromatic heterocycles. The first-order valence-electron chi connectivity index (χ1n) is 8.10. The lowest BCUT2D eigenvalue weighted by molar-refractivity contribution is -0.129. The maximum Gasteiger partial charge on any atom is 0.324 e. The molecule has 0 spiro atoms. The zero-order valence-electron chi connectivity index (χ0n) is 13.3. The maximum atomic E-state index is 12.4. The van der Waals surface area contributed by atoms with E-state index in [0.717, 1.165) is 0 Å². The van der Waals surface area contributed by atoms with Crippen molar-refractivity contribution in [2.75, 3.05) is 26.2 Å². The largest absolute Gasteiger partial charge is 0.336 e. The molecule has 0 saturated carbocycles. The molecule has 0 bridgehead atoms. The Hall–Kier alpha value is -2.67. The van der Waals surface area contributed by atoms with E-state index in [0.29, 0.717) is 26.2 Å². The van der Waals surface area contributed by atoms with E-state index >= 15 is 0 Å². The quantitative estimate of drug-likeness (QED) is 0.908. The molecule has 4 rings (SSSR count). The van der Waals surface area contributed by atoms with E-state index in [1.54, 1.807) is 6.20 Å². The van der Waals surface area contributed by atoms with Gasteiger partial charge in [-0.3, -0.25) is 19.3 Å². The van der Waals surface area contributed by atoms with Gasteiger partial charge in [0.15, 0.2) is 0 Å². The number of amides is 3. The zero-order chi connectivity index (χ0) is 16.5. The number of nitrogens with one attached hydrogen (secondary N) is 1. The van der Waals surface area contributed by atoms with Crippen LogP contribution in [0.3, 0.4) is 0 Å². The number of carbonyl (C=O) groups excluding carboxylic acids is 2. The third-order valence-electron chi connectivity index (χ3n) is 4.60. The van der Waals surface area contributed by atoms with Crippen LogP contribution in [-0.4, -0.2) is 57.7 Å². The molecule has 3 heterocycles. The minimum Gasteiger partial charge on any atom is -0.336 e. The summed E-state index contributed by atoms with van der Waals surface area (Å²) in [5.41, 5.74) is 2.44. The van der Waals surface area contributed by atoms with Gasteiger partial charge in [-0.05, 0) is 17.2 Å². The van der Waals surface area contributed by atoms with Crippen LogP contribution in [0.1, 0.15) is 17.2 Å². The Morgan fingerprint density at radius 3 is 2.92 bits per heavy atom. The van der Waals surface area contributed by atoms with Crippen LogP contribution in [0, 0.1) is 0 Å². The summed E-state index contributed by atoms with van der Waals surface area (Å²) in [6.45, 7) is 2.61. The van der Waals surface area contributed by atoms with Crippen molar-refractivity contribution in [3.8, 4) is 0 Å². The Balaban J connectivity index is 1.56. The number of urea groups is 1. The van der Waals surface area contributed by atoms with Crippen LogP contribution >= 0.6 is 0 Å². The average Bonchev–Trinajstić information content (AvgIpc) is 3.25. The molecule has 0 aliphatic carbocycles. The van der Waals surface area contributed by atoms with Gasteiger partial charge in [0.1, 0.15) is 0 Å². The monoisotopic (exact) mass is 325 g/mol. The number of rotatable bonds is 3. The van der Waals surface area contributed by atoms with Crippen molar-refractivity contribution >= 4 is 11.9 Å². The van der Waals surface area contributed by atoms with Gasteiger partial charge in [-0.15, -0.1) is 0 Å². The van der Waals surface area contributed by atoms with Crippen LogP contribution in [-0.2, 0) is 11.3 Å². The fraction of sp³-hybridized carbons (Fsp3) is 0.353. The molecule has 1 atom stereocenters. The number of benzene rings is 1. The number of hydrogen-bond acceptors (Lipinski definition) is 4. The second-order valence-electron chi connectivity index (χ2n) is 6.15. The minimum absolute atomic E-state index is 0.0742. The van der Waals surface area contributed by atoms with E-state index in [-0.39, 0.29) is 24.5 Å². The van der Waals surface area contributed by atoms with Gasteiger partial charge in [0.25, 0.3) is 0 Å². The fourth-order valence-electron chi connectivity index (χ4n) is 3.45. The molecule has 3 amide bonds. The second-order valence-corrected chi connectivity index (χ2v) is 6.15. The van der Waals surface area contributed by atoms with Gasteiger partial charge in [-0.1, -0.05) is 24.3 Å². The molecule has 1 N–H and O–H groups in total. The normalized spacial score (nSPS) is 20.8. The van der Waals surface area contributed by atoms with Crippen molar-refractivity contribution in [2.45, 2.75) is 12.6 Å². The summed E-state index contributed by atoms with van der Waals surface area (Å²) in [5.74, 6) is -0.149. The van der Waals surface area contributed by atoms with Gasteiger partial charge in [-0.25, -0.2) is 4.79 Å². The van der Waals surface area contributed by atoms with Crippen LogP contribution in [0.25, 0.3) is 0 Å². The lowest BCUT2D eigenvalue weighted by Gasteiger charge is -2.34. The summed E-state index contributed by atoms with van der Waals surface area (Å²) in [6.07, 6.45) is 3.71. The first-order chi connectivity index (χ1) is 11.7. The van der Waals surface area contributed by atoms with Gasteiger partial charge in [0, 0.05) is 38.6 Å². The van der Waals surface area contributed by atoms with E-state index in [2.05, 4.69) is 27.4 Å². The topological polar surface area (TPSA) is 70.5 Å². The molecular weight excluding hydrogens is 306 g/mol. The van der Waals surface area contributed by atoms with Crippen molar-refractivity contribution in [2.24, 2.45) is 0 Å². The highest BCUT2D eigenvalue weighted by Gasteiger charge is 2.31. The number of aromatic nitrogens is 2. The van der Waals surface area contributed by atoms with E-state index in [1.165, 1.54) is 16.0 Å². The molecule has 0 radical (unpaired) electrons. The van der Waals surface area contributed by atoms with Crippen molar-refractivity contribution in [1.29, 1.82) is 0 Å². The van der Waals surface area contributed by atoms with Crippen LogP contribution in [0.5, 0.6) is 0 Å². The number of nitrogens with zero attached hydrogens (tertiary/aromatic N) is 4. The molecule has 24 heavy (non-hydrogen) atoms. The van der Waals surface area contributed by atoms with E-state index < -0.39 is 0 Å². The summed E-state index contributed by atoms with van der Waals surface area (Å²) in [7, 11) is 0. The summed E-state index contributed by atoms with van der Waals surface area (Å²) < 4.78 is 1.93. The van der Waals surface area contributed by atoms with Crippen LogP contribution in [0.2, 0.25) is 0 Å². The summed E-state index contributed by atoms with van der Waals surface area (Å²) >= 11 is 0. The first-order valence-corrected chi connectivity index (χ1v) is 8.10. The third kappa shape index (κ3) is 2.67. The Kier molecular flexibility index (Phi) is 3.78. The lowest BCUT2D eigenvalue weighted by atomic mass is 9.95. The molecule has 2 aliphatic heterocycles. The standard InChI is InChI=1S/C17H19N5O2/c23-16(21-9-7-18-17(21)24)12-20-10-13-4-1-2-5-14(13)15(11-20)22-8-3-6-19-22/h1-6,8,15H,7,9-12H2,(H,18,24). The van der Waals surface area contributed by atoms with Gasteiger partial charge in [0.2, 0.25) is 5.91 Å². The third-order valence-corrected chi connectivity index (χ3v) is 4.60. The predicted octanol–water partition coefficient (Wildman–Crippen LogP) is 0.840. The molecule has 1 saturated heterocycles. The van der Waals surface area contributed by atoms with Crippen LogP contribution in [0.4, 0.5) is 4.79 Å². The highest BCUT2D eigenvalue weighted by atomic mass is 16.2. The van der Waals surface area contributed by atoms with Gasteiger partial charge >= 0.3 is 6.03 Å². The summed E-state index contributed by atoms with van der Waals surface area (Å²) in [6, 6.07) is 9.94. The molecule has 1 fully saturated rings. The molecular formula is C17H19N5O2. The molecule has 2 aliphatic rings. The van der Waals surface area contributed by atoms with Crippen LogP contribution in [0.15, 0.2) is 42.7 Å². The minimum atomic E-state index is -0.291. The molecule has 1 unspecified atom stereocenters. The molecule has 7 nitrogen and oxygen atoms in total. The lowest BCUT2D eigenvalue weighted by Crippen LogP contribution is -2.45. The SMILES string of the molecule is O=C(CN1Cc2ccccc2C(n2cccn2)C1)N1CCNC1=O. The number of fused-ring (bicyclic) bond motifs is 1. The van der Waals surface area contributed by atoms with E-state index in [9.17, 15) is 9.59 Å². The highest BCUT2D eigenvalue weighted by molar-refractivity contribution is 5.96. The molecule has 124 valence electrons. The van der Waals surface area contributed by atoms with Crippen LogP contribution < -0.4 is 5.32 Å². The number of carbonyl (C=O) groups is 2. The van der Waals surface area contributed by atoms with E-state index in [4.69, 9.17) is 0 Å². The van der Waals surface area contributed by atoms with Crippen molar-refractivity contribution in [1.82, 2.24) is 24.9 Å². The summed E-state index contributed by atoms with van der Waals surface area (Å²) in [5, 5.41) is 7.04. The van der Waals surface area contributed by atoms with Gasteiger partial charge in [-0.2, -0.15) is 5.10 Å². The maximum absolute atomic E-state index is 12.4. The van der Waals surface area contributed by atoms with Crippen molar-refractivity contribution in [3.63, 3.8) is 0 Å². The molecule has 1 aromatic carbocycles. The summed E-state index contributed by atoms with van der Waals surface area (Å²) in [4.78, 5) is 27.5. The number of imide groups is 1. The van der Waals surface area contributed by atoms with Gasteiger partial charge in [0.05, 0.1) is 12.6 Å². The second kappa shape index (κ2) is 6.09. The Morgan fingerprint density at radius 1 is 1.29 bits per heavy atom. The fourth-order valence-corrected chi connectivity index (χ4v) is 3.45. The zero-order valence-corrected chi connectivity index (χ0v) is 13.3. The molecule has 7 heteroatoms. The van der Waals surface area contributed by atoms with Gasteiger partial charge < -0.3 is 5.32 Å². The Labute approximate surface area is 139 Å². The Morgan fingerprint density at radius 2 is 2.17 bits per heavy atom. The Bertz CT molecular complexity index is 758.